The second kappa shape index (κ2) is 5.07. The minimum Gasteiger partial charge on any atom is -0.393 e. The molecule has 1 saturated heterocycles. The third-order valence-electron chi connectivity index (χ3n) is 4.38. The van der Waals surface area contributed by atoms with Gasteiger partial charge >= 0.3 is 0 Å². The van der Waals surface area contributed by atoms with E-state index in [0.717, 1.165) is 38.1 Å². The SMILES string of the molecule is NCC1(C2CCCSC2)CCC(O)CC1. The van der Waals surface area contributed by atoms with E-state index in [1.807, 2.05) is 0 Å². The molecule has 3 heteroatoms. The molecule has 88 valence electrons. The van der Waals surface area contributed by atoms with Gasteiger partial charge in [-0.25, -0.2) is 0 Å². The Hall–Kier alpha value is 0.270. The molecule has 0 aromatic carbocycles. The highest BCUT2D eigenvalue weighted by Gasteiger charge is 2.40. The number of hydrogen-bond acceptors (Lipinski definition) is 3. The van der Waals surface area contributed by atoms with E-state index in [9.17, 15) is 5.11 Å². The minimum absolute atomic E-state index is 0.0547. The second-order valence-corrected chi connectivity index (χ2v) is 6.36. The lowest BCUT2D eigenvalue weighted by Crippen LogP contribution is -2.44. The Kier molecular flexibility index (Phi) is 3.97. The van der Waals surface area contributed by atoms with Crippen molar-refractivity contribution >= 4 is 11.8 Å². The van der Waals surface area contributed by atoms with Crippen molar-refractivity contribution < 1.29 is 5.11 Å². The largest absolute Gasteiger partial charge is 0.393 e. The highest BCUT2D eigenvalue weighted by atomic mass is 32.2. The molecule has 0 radical (unpaired) electrons. The average Bonchev–Trinajstić information content (AvgIpc) is 2.32. The molecule has 0 aromatic rings. The van der Waals surface area contributed by atoms with Crippen LogP contribution in [-0.2, 0) is 0 Å². The van der Waals surface area contributed by atoms with Crippen LogP contribution in [0.1, 0.15) is 38.5 Å². The van der Waals surface area contributed by atoms with Gasteiger partial charge in [0.1, 0.15) is 0 Å². The van der Waals surface area contributed by atoms with Crippen LogP contribution in [0.25, 0.3) is 0 Å². The van der Waals surface area contributed by atoms with E-state index in [4.69, 9.17) is 5.73 Å². The van der Waals surface area contributed by atoms with Gasteiger partial charge in [0.15, 0.2) is 0 Å². The quantitative estimate of drug-likeness (QED) is 0.761. The summed E-state index contributed by atoms with van der Waals surface area (Å²) >= 11 is 2.09. The monoisotopic (exact) mass is 229 g/mol. The first-order chi connectivity index (χ1) is 7.27. The van der Waals surface area contributed by atoms with E-state index in [1.54, 1.807) is 0 Å². The van der Waals surface area contributed by atoms with Crippen molar-refractivity contribution in [1.29, 1.82) is 0 Å². The third-order valence-corrected chi connectivity index (χ3v) is 5.60. The highest BCUT2D eigenvalue weighted by Crippen LogP contribution is 2.46. The third kappa shape index (κ3) is 2.51. The summed E-state index contributed by atoms with van der Waals surface area (Å²) in [5, 5.41) is 9.59. The lowest BCUT2D eigenvalue weighted by molar-refractivity contribution is 0.0331. The number of aliphatic hydroxyl groups excluding tert-OH is 1. The maximum atomic E-state index is 9.59. The fraction of sp³-hybridized carbons (Fsp3) is 1.00. The van der Waals surface area contributed by atoms with Gasteiger partial charge in [0.05, 0.1) is 6.10 Å². The van der Waals surface area contributed by atoms with Crippen molar-refractivity contribution in [2.45, 2.75) is 44.6 Å². The average molecular weight is 229 g/mol. The van der Waals surface area contributed by atoms with E-state index in [2.05, 4.69) is 11.8 Å². The topological polar surface area (TPSA) is 46.2 Å². The van der Waals surface area contributed by atoms with Crippen LogP contribution in [0.4, 0.5) is 0 Å². The van der Waals surface area contributed by atoms with E-state index >= 15 is 0 Å². The fourth-order valence-corrected chi connectivity index (χ4v) is 4.52. The van der Waals surface area contributed by atoms with Crippen LogP contribution in [0.3, 0.4) is 0 Å². The summed E-state index contributed by atoms with van der Waals surface area (Å²) in [6, 6.07) is 0. The molecule has 2 aliphatic rings. The molecule has 15 heavy (non-hydrogen) atoms. The van der Waals surface area contributed by atoms with Gasteiger partial charge in [-0.2, -0.15) is 11.8 Å². The van der Waals surface area contributed by atoms with Gasteiger partial charge in [-0.1, -0.05) is 0 Å². The van der Waals surface area contributed by atoms with Crippen molar-refractivity contribution in [2.24, 2.45) is 17.1 Å². The lowest BCUT2D eigenvalue weighted by atomic mass is 9.64. The van der Waals surface area contributed by atoms with E-state index in [0.29, 0.717) is 5.41 Å². The predicted octanol–water partition coefficient (Wildman–Crippen LogP) is 2.01. The molecule has 0 spiro atoms. The Morgan fingerprint density at radius 2 is 2.00 bits per heavy atom. The van der Waals surface area contributed by atoms with E-state index < -0.39 is 0 Å². The molecule has 1 heterocycles. The first-order valence-electron chi connectivity index (χ1n) is 6.23. The van der Waals surface area contributed by atoms with Crippen molar-refractivity contribution in [3.8, 4) is 0 Å². The van der Waals surface area contributed by atoms with Gasteiger partial charge in [-0.15, -0.1) is 0 Å². The van der Waals surface area contributed by atoms with Gasteiger partial charge in [-0.3, -0.25) is 0 Å². The summed E-state index contributed by atoms with van der Waals surface area (Å²) < 4.78 is 0. The van der Waals surface area contributed by atoms with Gasteiger partial charge in [0.25, 0.3) is 0 Å². The highest BCUT2D eigenvalue weighted by molar-refractivity contribution is 7.99. The number of hydrogen-bond donors (Lipinski definition) is 2. The molecule has 1 unspecified atom stereocenters. The van der Waals surface area contributed by atoms with Crippen LogP contribution in [0, 0.1) is 11.3 Å². The molecule has 0 bridgehead atoms. The van der Waals surface area contributed by atoms with Crippen LogP contribution in [0.2, 0.25) is 0 Å². The summed E-state index contributed by atoms with van der Waals surface area (Å²) in [7, 11) is 0. The summed E-state index contributed by atoms with van der Waals surface area (Å²) in [5.41, 5.74) is 6.39. The molecule has 1 atom stereocenters. The fourth-order valence-electron chi connectivity index (χ4n) is 3.18. The number of aliphatic hydroxyl groups is 1. The zero-order chi connectivity index (χ0) is 10.7. The zero-order valence-corrected chi connectivity index (χ0v) is 10.3. The second-order valence-electron chi connectivity index (χ2n) is 5.21. The smallest absolute Gasteiger partial charge is 0.0540 e. The summed E-state index contributed by atoms with van der Waals surface area (Å²) in [6.45, 7) is 0.824. The normalized spacial score (nSPS) is 42.8. The molecule has 0 aromatic heterocycles. The Bertz CT molecular complexity index is 196. The molecular weight excluding hydrogens is 206 g/mol. The Morgan fingerprint density at radius 1 is 1.27 bits per heavy atom. The van der Waals surface area contributed by atoms with Crippen molar-refractivity contribution in [3.05, 3.63) is 0 Å². The van der Waals surface area contributed by atoms with Crippen LogP contribution in [-0.4, -0.2) is 29.3 Å². The molecule has 1 aliphatic heterocycles. The molecule has 1 saturated carbocycles. The van der Waals surface area contributed by atoms with Crippen molar-refractivity contribution in [3.63, 3.8) is 0 Å². The zero-order valence-electron chi connectivity index (χ0n) is 9.45. The number of thioether (sulfide) groups is 1. The molecule has 0 amide bonds. The van der Waals surface area contributed by atoms with Crippen LogP contribution >= 0.6 is 11.8 Å². The van der Waals surface area contributed by atoms with Gasteiger partial charge < -0.3 is 10.8 Å². The molecule has 2 nitrogen and oxygen atoms in total. The van der Waals surface area contributed by atoms with Gasteiger partial charge in [0, 0.05) is 0 Å². The standard InChI is InChI=1S/C12H23NOS/c13-9-12(5-3-11(14)4-6-12)10-2-1-7-15-8-10/h10-11,14H,1-9,13H2. The summed E-state index contributed by atoms with van der Waals surface area (Å²) in [5.74, 6) is 3.45. The molecule has 2 fully saturated rings. The Labute approximate surface area is 97.0 Å². The minimum atomic E-state index is -0.0547. The molecular formula is C12H23NOS. The molecule has 1 aliphatic carbocycles. The maximum Gasteiger partial charge on any atom is 0.0540 e. The van der Waals surface area contributed by atoms with Crippen molar-refractivity contribution in [2.75, 3.05) is 18.1 Å². The van der Waals surface area contributed by atoms with Gasteiger partial charge in [0.2, 0.25) is 0 Å². The van der Waals surface area contributed by atoms with Gasteiger partial charge in [-0.05, 0) is 67.9 Å². The van der Waals surface area contributed by atoms with Crippen LogP contribution < -0.4 is 5.73 Å². The number of nitrogens with two attached hydrogens (primary N) is 1. The van der Waals surface area contributed by atoms with Crippen molar-refractivity contribution in [1.82, 2.24) is 0 Å². The Balaban J connectivity index is 2.00. The lowest BCUT2D eigenvalue weighted by Gasteiger charge is -2.45. The van der Waals surface area contributed by atoms with E-state index in [1.165, 1.54) is 24.3 Å². The van der Waals surface area contributed by atoms with E-state index in [-0.39, 0.29) is 6.10 Å². The maximum absolute atomic E-state index is 9.59. The first-order valence-corrected chi connectivity index (χ1v) is 7.38. The molecule has 2 rings (SSSR count). The summed E-state index contributed by atoms with van der Waals surface area (Å²) in [6.07, 6.45) is 6.91. The predicted molar refractivity (Wildman–Crippen MR) is 66.0 cm³/mol. The Morgan fingerprint density at radius 3 is 2.53 bits per heavy atom. The number of rotatable bonds is 2. The molecule has 3 N–H and O–H groups in total. The van der Waals surface area contributed by atoms with Crippen LogP contribution in [0.15, 0.2) is 0 Å². The first kappa shape index (κ1) is 11.7. The van der Waals surface area contributed by atoms with Crippen LogP contribution in [0.5, 0.6) is 0 Å². The summed E-state index contributed by atoms with van der Waals surface area (Å²) in [4.78, 5) is 0.